The fourth-order valence-corrected chi connectivity index (χ4v) is 2.50. The first-order valence-corrected chi connectivity index (χ1v) is 6.52. The van der Waals surface area contributed by atoms with Crippen molar-refractivity contribution in [3.63, 3.8) is 0 Å². The number of nitrogens with zero attached hydrogens (tertiary/aromatic N) is 2. The lowest BCUT2D eigenvalue weighted by Crippen LogP contribution is -2.44. The van der Waals surface area contributed by atoms with Crippen molar-refractivity contribution in [3.05, 3.63) is 51.6 Å². The van der Waals surface area contributed by atoms with E-state index in [1.165, 1.54) is 6.07 Å². The maximum Gasteiger partial charge on any atom is 0.288 e. The molecule has 1 aliphatic heterocycles. The Balaban J connectivity index is 2.29. The molecule has 1 aromatic rings. The zero-order valence-corrected chi connectivity index (χ0v) is 11.3. The Bertz CT molecular complexity index is 487. The van der Waals surface area contributed by atoms with Crippen molar-refractivity contribution in [2.75, 3.05) is 26.2 Å². The molecule has 1 saturated heterocycles. The van der Waals surface area contributed by atoms with E-state index in [0.29, 0.717) is 0 Å². The number of nitrogens with one attached hydrogen (secondary N) is 1. The molecule has 1 fully saturated rings. The van der Waals surface area contributed by atoms with Gasteiger partial charge in [-0.1, -0.05) is 23.7 Å². The SMILES string of the molecule is C=C[C@@H](c1ccc(Cl)c([N+](=O)[O-])c1)N1CCNCC1. The third-order valence-electron chi connectivity index (χ3n) is 3.28. The Labute approximate surface area is 117 Å². The van der Waals surface area contributed by atoms with E-state index in [-0.39, 0.29) is 16.8 Å². The summed E-state index contributed by atoms with van der Waals surface area (Å²) >= 11 is 5.83. The Morgan fingerprint density at radius 3 is 2.74 bits per heavy atom. The van der Waals surface area contributed by atoms with Crippen LogP contribution in [0.1, 0.15) is 11.6 Å². The van der Waals surface area contributed by atoms with Gasteiger partial charge in [-0.25, -0.2) is 0 Å². The van der Waals surface area contributed by atoms with Crippen LogP contribution in [0.5, 0.6) is 0 Å². The molecule has 1 N–H and O–H groups in total. The molecule has 0 saturated carbocycles. The molecule has 0 radical (unpaired) electrons. The molecule has 19 heavy (non-hydrogen) atoms. The van der Waals surface area contributed by atoms with Crippen molar-refractivity contribution in [2.24, 2.45) is 0 Å². The first-order chi connectivity index (χ1) is 9.13. The van der Waals surface area contributed by atoms with Gasteiger partial charge in [0.2, 0.25) is 0 Å². The van der Waals surface area contributed by atoms with Crippen LogP contribution in [0.25, 0.3) is 0 Å². The van der Waals surface area contributed by atoms with Crippen LogP contribution in [0.15, 0.2) is 30.9 Å². The summed E-state index contributed by atoms with van der Waals surface area (Å²) in [6.07, 6.45) is 1.82. The zero-order valence-electron chi connectivity index (χ0n) is 10.5. The second kappa shape index (κ2) is 6.14. The highest BCUT2D eigenvalue weighted by atomic mass is 35.5. The summed E-state index contributed by atoms with van der Waals surface area (Å²) in [5.74, 6) is 0. The second-order valence-corrected chi connectivity index (χ2v) is 4.84. The minimum atomic E-state index is -0.455. The predicted molar refractivity (Wildman–Crippen MR) is 75.5 cm³/mol. The lowest BCUT2D eigenvalue weighted by atomic mass is 10.0. The van der Waals surface area contributed by atoms with Crippen LogP contribution in [0.2, 0.25) is 5.02 Å². The first-order valence-electron chi connectivity index (χ1n) is 6.14. The van der Waals surface area contributed by atoms with Gasteiger partial charge >= 0.3 is 0 Å². The minimum absolute atomic E-state index is 0.0157. The lowest BCUT2D eigenvalue weighted by molar-refractivity contribution is -0.384. The molecule has 5 nitrogen and oxygen atoms in total. The largest absolute Gasteiger partial charge is 0.314 e. The third kappa shape index (κ3) is 3.12. The first kappa shape index (κ1) is 14.0. The van der Waals surface area contributed by atoms with E-state index < -0.39 is 4.92 Å². The molecule has 0 unspecified atom stereocenters. The number of halogens is 1. The summed E-state index contributed by atoms with van der Waals surface area (Å²) in [5, 5.41) is 14.4. The van der Waals surface area contributed by atoms with Crippen LogP contribution in [-0.4, -0.2) is 36.0 Å². The molecule has 1 heterocycles. The van der Waals surface area contributed by atoms with Gasteiger partial charge in [0.1, 0.15) is 5.02 Å². The molecule has 0 spiro atoms. The number of nitro groups is 1. The molecule has 0 bridgehead atoms. The van der Waals surface area contributed by atoms with E-state index in [1.54, 1.807) is 6.07 Å². The van der Waals surface area contributed by atoms with E-state index in [4.69, 9.17) is 11.6 Å². The van der Waals surface area contributed by atoms with Crippen LogP contribution in [0.3, 0.4) is 0 Å². The molecular formula is C13H16ClN3O2. The van der Waals surface area contributed by atoms with Crippen LogP contribution in [0, 0.1) is 10.1 Å². The minimum Gasteiger partial charge on any atom is -0.314 e. The standard InChI is InChI=1S/C13H16ClN3O2/c1-2-12(16-7-5-15-6-8-16)10-3-4-11(14)13(9-10)17(18)19/h2-4,9,12,15H,1,5-8H2/t12-/m0/s1. The van der Waals surface area contributed by atoms with E-state index >= 15 is 0 Å². The second-order valence-electron chi connectivity index (χ2n) is 4.43. The number of hydrogen-bond acceptors (Lipinski definition) is 4. The van der Waals surface area contributed by atoms with Gasteiger partial charge in [0.25, 0.3) is 5.69 Å². The molecule has 1 atom stereocenters. The van der Waals surface area contributed by atoms with Gasteiger partial charge in [0.05, 0.1) is 11.0 Å². The van der Waals surface area contributed by atoms with Crippen LogP contribution < -0.4 is 5.32 Å². The van der Waals surface area contributed by atoms with Crippen molar-refractivity contribution in [2.45, 2.75) is 6.04 Å². The highest BCUT2D eigenvalue weighted by Gasteiger charge is 2.22. The molecule has 1 aromatic carbocycles. The monoisotopic (exact) mass is 281 g/mol. The number of benzene rings is 1. The summed E-state index contributed by atoms with van der Waals surface area (Å²) in [5.41, 5.74) is 0.800. The van der Waals surface area contributed by atoms with Crippen molar-refractivity contribution in [1.82, 2.24) is 10.2 Å². The fraction of sp³-hybridized carbons (Fsp3) is 0.385. The van der Waals surface area contributed by atoms with Crippen LogP contribution in [-0.2, 0) is 0 Å². The van der Waals surface area contributed by atoms with Gasteiger partial charge in [0.15, 0.2) is 0 Å². The summed E-state index contributed by atoms with van der Waals surface area (Å²) in [4.78, 5) is 12.7. The maximum absolute atomic E-state index is 10.9. The molecule has 0 amide bonds. The Kier molecular flexibility index (Phi) is 4.52. The maximum atomic E-state index is 10.9. The topological polar surface area (TPSA) is 58.4 Å². The summed E-state index contributed by atoms with van der Waals surface area (Å²) in [6, 6.07) is 4.92. The molecule has 1 aliphatic rings. The summed E-state index contributed by atoms with van der Waals surface area (Å²) in [7, 11) is 0. The average Bonchev–Trinajstić information content (AvgIpc) is 2.42. The molecule has 6 heteroatoms. The average molecular weight is 282 g/mol. The number of piperazine rings is 1. The molecular weight excluding hydrogens is 266 g/mol. The van der Waals surface area contributed by atoms with Crippen molar-refractivity contribution in [3.8, 4) is 0 Å². The van der Waals surface area contributed by atoms with Crippen molar-refractivity contribution in [1.29, 1.82) is 0 Å². The number of hydrogen-bond donors (Lipinski definition) is 1. The Hall–Kier alpha value is -1.43. The predicted octanol–water partition coefficient (Wildman–Crippen LogP) is 2.38. The van der Waals surface area contributed by atoms with Gasteiger partial charge in [-0.05, 0) is 11.6 Å². The van der Waals surface area contributed by atoms with Crippen LogP contribution >= 0.6 is 11.6 Å². The fourth-order valence-electron chi connectivity index (χ4n) is 2.31. The lowest BCUT2D eigenvalue weighted by Gasteiger charge is -2.33. The van der Waals surface area contributed by atoms with Gasteiger partial charge in [-0.2, -0.15) is 0 Å². The molecule has 2 rings (SSSR count). The van der Waals surface area contributed by atoms with E-state index in [2.05, 4.69) is 16.8 Å². The van der Waals surface area contributed by atoms with E-state index in [0.717, 1.165) is 31.7 Å². The van der Waals surface area contributed by atoms with Gasteiger partial charge in [0, 0.05) is 32.2 Å². The van der Waals surface area contributed by atoms with Gasteiger partial charge in [-0.3, -0.25) is 15.0 Å². The molecule has 102 valence electrons. The Morgan fingerprint density at radius 2 is 2.16 bits per heavy atom. The van der Waals surface area contributed by atoms with Crippen LogP contribution in [0.4, 0.5) is 5.69 Å². The number of rotatable bonds is 4. The molecule has 0 aliphatic carbocycles. The van der Waals surface area contributed by atoms with Crippen molar-refractivity contribution >= 4 is 17.3 Å². The Morgan fingerprint density at radius 1 is 1.47 bits per heavy atom. The zero-order chi connectivity index (χ0) is 13.8. The van der Waals surface area contributed by atoms with E-state index in [9.17, 15) is 10.1 Å². The highest BCUT2D eigenvalue weighted by Crippen LogP contribution is 2.30. The van der Waals surface area contributed by atoms with Gasteiger partial charge in [-0.15, -0.1) is 6.58 Å². The quantitative estimate of drug-likeness (QED) is 0.523. The van der Waals surface area contributed by atoms with Crippen molar-refractivity contribution < 1.29 is 4.92 Å². The molecule has 0 aromatic heterocycles. The number of nitro benzene ring substituents is 1. The van der Waals surface area contributed by atoms with E-state index in [1.807, 2.05) is 12.1 Å². The summed E-state index contributed by atoms with van der Waals surface area (Å²) < 4.78 is 0. The third-order valence-corrected chi connectivity index (χ3v) is 3.60. The normalized spacial score (nSPS) is 17.9. The smallest absolute Gasteiger partial charge is 0.288 e. The van der Waals surface area contributed by atoms with Gasteiger partial charge < -0.3 is 5.32 Å². The highest BCUT2D eigenvalue weighted by molar-refractivity contribution is 6.32. The summed E-state index contributed by atoms with van der Waals surface area (Å²) in [6.45, 7) is 7.47.